The summed E-state index contributed by atoms with van der Waals surface area (Å²) in [5.74, 6) is -0.998. The van der Waals surface area contributed by atoms with E-state index in [2.05, 4.69) is 5.32 Å². The average Bonchev–Trinajstić information content (AvgIpc) is 2.69. The lowest BCUT2D eigenvalue weighted by Gasteiger charge is -2.36. The summed E-state index contributed by atoms with van der Waals surface area (Å²) in [6, 6.07) is 9.75. The van der Waals surface area contributed by atoms with Crippen molar-refractivity contribution in [2.24, 2.45) is 0 Å². The molecule has 0 spiro atoms. The van der Waals surface area contributed by atoms with E-state index in [1.165, 1.54) is 28.6 Å². The minimum absolute atomic E-state index is 0.0474. The largest absolute Gasteiger partial charge is 0.322 e. The number of piperazine rings is 1. The van der Waals surface area contributed by atoms with Crippen LogP contribution in [0.4, 0.5) is 10.1 Å². The molecule has 0 bridgehead atoms. The first-order valence-corrected chi connectivity index (χ1v) is 11.1. The van der Waals surface area contributed by atoms with Crippen molar-refractivity contribution in [3.05, 3.63) is 58.3 Å². The van der Waals surface area contributed by atoms with E-state index in [9.17, 15) is 17.6 Å². The topological polar surface area (TPSA) is 69.7 Å². The number of hydrogen-bond acceptors (Lipinski definition) is 4. The Labute approximate surface area is 179 Å². The van der Waals surface area contributed by atoms with E-state index in [0.717, 1.165) is 6.07 Å². The van der Waals surface area contributed by atoms with Crippen LogP contribution in [0.15, 0.2) is 47.4 Å². The fourth-order valence-electron chi connectivity index (χ4n) is 3.12. The molecule has 29 heavy (non-hydrogen) atoms. The van der Waals surface area contributed by atoms with E-state index in [4.69, 9.17) is 23.2 Å². The van der Waals surface area contributed by atoms with Gasteiger partial charge in [-0.05, 0) is 37.3 Å². The quantitative estimate of drug-likeness (QED) is 0.742. The summed E-state index contributed by atoms with van der Waals surface area (Å²) >= 11 is 11.8. The smallest absolute Gasteiger partial charge is 0.244 e. The predicted molar refractivity (Wildman–Crippen MR) is 111 cm³/mol. The Hall–Kier alpha value is -1.71. The molecule has 2 aromatic rings. The standard InChI is InChI=1S/C19H20Cl2FN3O3S/c1-13(19(26)23-17-7-6-14(20)12-16(17)22)24-8-10-25(11-9-24)29(27,28)18-5-3-2-4-15(18)21/h2-7,12-13H,8-11H2,1H3,(H,23,26). The first kappa shape index (κ1) is 22.0. The van der Waals surface area contributed by atoms with Crippen molar-refractivity contribution in [3.63, 3.8) is 0 Å². The Balaban J connectivity index is 1.62. The molecule has 1 unspecified atom stereocenters. The van der Waals surface area contributed by atoms with E-state index in [0.29, 0.717) is 13.1 Å². The second-order valence-electron chi connectivity index (χ2n) is 6.66. The minimum Gasteiger partial charge on any atom is -0.322 e. The van der Waals surface area contributed by atoms with Crippen molar-refractivity contribution in [2.45, 2.75) is 17.9 Å². The number of carbonyl (C=O) groups excluding carboxylic acids is 1. The number of rotatable bonds is 5. The molecule has 3 rings (SSSR count). The molecule has 0 saturated carbocycles. The Morgan fingerprint density at radius 1 is 1.10 bits per heavy atom. The molecule has 156 valence electrons. The Morgan fingerprint density at radius 3 is 2.38 bits per heavy atom. The Morgan fingerprint density at radius 2 is 1.76 bits per heavy atom. The number of benzene rings is 2. The number of anilines is 1. The zero-order chi connectivity index (χ0) is 21.2. The van der Waals surface area contributed by atoms with Crippen LogP contribution in [0.5, 0.6) is 0 Å². The maximum absolute atomic E-state index is 13.9. The third-order valence-electron chi connectivity index (χ3n) is 4.84. The summed E-state index contributed by atoms with van der Waals surface area (Å²) < 4.78 is 40.9. The first-order chi connectivity index (χ1) is 13.7. The van der Waals surface area contributed by atoms with Crippen LogP contribution < -0.4 is 5.32 Å². The second-order valence-corrected chi connectivity index (χ2v) is 9.41. The van der Waals surface area contributed by atoms with Crippen LogP contribution in [0.3, 0.4) is 0 Å². The van der Waals surface area contributed by atoms with E-state index in [1.54, 1.807) is 19.1 Å². The van der Waals surface area contributed by atoms with Gasteiger partial charge in [-0.2, -0.15) is 4.31 Å². The zero-order valence-corrected chi connectivity index (χ0v) is 17.9. The monoisotopic (exact) mass is 459 g/mol. The molecule has 1 aliphatic heterocycles. The molecular formula is C19H20Cl2FN3O3S. The molecule has 10 heteroatoms. The molecule has 1 fully saturated rings. The van der Waals surface area contributed by atoms with Crippen LogP contribution in [-0.2, 0) is 14.8 Å². The highest BCUT2D eigenvalue weighted by Gasteiger charge is 2.32. The summed E-state index contributed by atoms with van der Waals surface area (Å²) in [7, 11) is -3.71. The van der Waals surface area contributed by atoms with Gasteiger partial charge in [-0.15, -0.1) is 0 Å². The second kappa shape index (κ2) is 8.97. The van der Waals surface area contributed by atoms with Crippen LogP contribution in [0.25, 0.3) is 0 Å². The summed E-state index contributed by atoms with van der Waals surface area (Å²) in [6.07, 6.45) is 0. The molecule has 2 aromatic carbocycles. The number of hydrogen-bond donors (Lipinski definition) is 1. The number of halogens is 3. The predicted octanol–water partition coefficient (Wildman–Crippen LogP) is 3.47. The van der Waals surface area contributed by atoms with Gasteiger partial charge in [0.1, 0.15) is 10.7 Å². The number of amides is 1. The summed E-state index contributed by atoms with van der Waals surface area (Å²) in [4.78, 5) is 14.4. The lowest BCUT2D eigenvalue weighted by Crippen LogP contribution is -2.54. The van der Waals surface area contributed by atoms with Crippen molar-refractivity contribution in [1.82, 2.24) is 9.21 Å². The third kappa shape index (κ3) is 4.90. The van der Waals surface area contributed by atoms with Gasteiger partial charge in [0.15, 0.2) is 0 Å². The van der Waals surface area contributed by atoms with E-state index < -0.39 is 21.9 Å². The van der Waals surface area contributed by atoms with Crippen molar-refractivity contribution < 1.29 is 17.6 Å². The van der Waals surface area contributed by atoms with Gasteiger partial charge in [0.05, 0.1) is 16.8 Å². The van der Waals surface area contributed by atoms with Gasteiger partial charge in [0.2, 0.25) is 15.9 Å². The lowest BCUT2D eigenvalue weighted by molar-refractivity contribution is -0.121. The molecule has 6 nitrogen and oxygen atoms in total. The normalized spacial score (nSPS) is 17.1. The highest BCUT2D eigenvalue weighted by atomic mass is 35.5. The maximum atomic E-state index is 13.9. The highest BCUT2D eigenvalue weighted by molar-refractivity contribution is 7.89. The van der Waals surface area contributed by atoms with Crippen molar-refractivity contribution in [2.75, 3.05) is 31.5 Å². The van der Waals surface area contributed by atoms with Crippen LogP contribution in [0, 0.1) is 5.82 Å². The van der Waals surface area contributed by atoms with Crippen molar-refractivity contribution in [3.8, 4) is 0 Å². The molecule has 0 radical (unpaired) electrons. The number of nitrogens with one attached hydrogen (secondary N) is 1. The summed E-state index contributed by atoms with van der Waals surface area (Å²) in [5, 5.41) is 2.96. The molecule has 1 aliphatic rings. The number of sulfonamides is 1. The molecule has 0 aliphatic carbocycles. The van der Waals surface area contributed by atoms with E-state index in [-0.39, 0.29) is 39.6 Å². The van der Waals surface area contributed by atoms with Gasteiger partial charge in [0, 0.05) is 31.2 Å². The third-order valence-corrected chi connectivity index (χ3v) is 7.48. The maximum Gasteiger partial charge on any atom is 0.244 e. The summed E-state index contributed by atoms with van der Waals surface area (Å²) in [6.45, 7) is 2.87. The van der Waals surface area contributed by atoms with Gasteiger partial charge >= 0.3 is 0 Å². The van der Waals surface area contributed by atoms with Gasteiger partial charge in [0.25, 0.3) is 0 Å². The van der Waals surface area contributed by atoms with E-state index in [1.807, 2.05) is 4.90 Å². The molecule has 1 saturated heterocycles. The minimum atomic E-state index is -3.71. The van der Waals surface area contributed by atoms with Crippen LogP contribution in [0.1, 0.15) is 6.92 Å². The van der Waals surface area contributed by atoms with Crippen LogP contribution in [-0.4, -0.2) is 55.8 Å². The fraction of sp³-hybridized carbons (Fsp3) is 0.316. The highest BCUT2D eigenvalue weighted by Crippen LogP contribution is 2.25. The Kier molecular flexibility index (Phi) is 6.80. The van der Waals surface area contributed by atoms with Crippen molar-refractivity contribution in [1.29, 1.82) is 0 Å². The molecule has 1 amide bonds. The number of nitrogens with zero attached hydrogens (tertiary/aromatic N) is 2. The van der Waals surface area contributed by atoms with Gasteiger partial charge in [-0.1, -0.05) is 35.3 Å². The lowest BCUT2D eigenvalue weighted by atomic mass is 10.2. The first-order valence-electron chi connectivity index (χ1n) is 8.95. The Bertz CT molecular complexity index is 1010. The summed E-state index contributed by atoms with van der Waals surface area (Å²) in [5.41, 5.74) is 0.0474. The van der Waals surface area contributed by atoms with Gasteiger partial charge in [-0.25, -0.2) is 12.8 Å². The molecular weight excluding hydrogens is 440 g/mol. The zero-order valence-electron chi connectivity index (χ0n) is 15.6. The van der Waals surface area contributed by atoms with Gasteiger partial charge in [-0.3, -0.25) is 9.69 Å². The van der Waals surface area contributed by atoms with Crippen LogP contribution >= 0.6 is 23.2 Å². The van der Waals surface area contributed by atoms with Gasteiger partial charge < -0.3 is 5.32 Å². The SMILES string of the molecule is CC(C(=O)Nc1ccc(Cl)cc1F)N1CCN(S(=O)(=O)c2ccccc2Cl)CC1. The number of carbonyl (C=O) groups is 1. The molecule has 1 N–H and O–H groups in total. The van der Waals surface area contributed by atoms with Crippen LogP contribution in [0.2, 0.25) is 10.0 Å². The molecule has 0 aromatic heterocycles. The fourth-order valence-corrected chi connectivity index (χ4v) is 5.19. The average molecular weight is 460 g/mol. The van der Waals surface area contributed by atoms with Crippen molar-refractivity contribution >= 4 is 44.8 Å². The molecule has 1 atom stereocenters. The molecule has 1 heterocycles. The van der Waals surface area contributed by atoms with E-state index >= 15 is 0 Å².